The van der Waals surface area contributed by atoms with Gasteiger partial charge in [-0.15, -0.1) is 0 Å². The van der Waals surface area contributed by atoms with Crippen LogP contribution >= 0.6 is 0 Å². The number of hydrogen-bond donors (Lipinski definition) is 2. The fourth-order valence-electron chi connectivity index (χ4n) is 1.58. The van der Waals surface area contributed by atoms with Gasteiger partial charge in [-0.05, 0) is 30.5 Å². The molecule has 0 aliphatic heterocycles. The minimum absolute atomic E-state index is 0.105. The van der Waals surface area contributed by atoms with E-state index in [2.05, 4.69) is 0 Å². The molecule has 1 aromatic carbocycles. The van der Waals surface area contributed by atoms with Crippen molar-refractivity contribution >= 4 is 0 Å². The molecule has 1 unspecified atom stereocenters. The lowest BCUT2D eigenvalue weighted by Crippen LogP contribution is -2.37. The lowest BCUT2D eigenvalue weighted by Gasteiger charge is -2.16. The van der Waals surface area contributed by atoms with Crippen molar-refractivity contribution in [3.8, 4) is 17.2 Å². The highest BCUT2D eigenvalue weighted by molar-refractivity contribution is 5.52. The number of aryl methyl sites for hydroxylation is 1. The van der Waals surface area contributed by atoms with Crippen LogP contribution in [0.15, 0.2) is 12.1 Å². The third-order valence-corrected chi connectivity index (χ3v) is 2.70. The number of nitrogens with two attached hydrogens (primary N) is 1. The second kappa shape index (κ2) is 6.01. The van der Waals surface area contributed by atoms with Gasteiger partial charge in [-0.2, -0.15) is 13.2 Å². The molecular weight excluding hydrogens is 263 g/mol. The molecule has 0 aromatic heterocycles. The first-order valence-corrected chi connectivity index (χ1v) is 5.55. The van der Waals surface area contributed by atoms with E-state index in [1.54, 1.807) is 0 Å². The van der Waals surface area contributed by atoms with Gasteiger partial charge >= 0.3 is 6.18 Å². The number of hydrogen-bond acceptors (Lipinski definition) is 4. The van der Waals surface area contributed by atoms with E-state index in [0.717, 1.165) is 0 Å². The normalized spacial score (nSPS) is 13.2. The van der Waals surface area contributed by atoms with Crippen LogP contribution in [-0.4, -0.2) is 31.5 Å². The van der Waals surface area contributed by atoms with Crippen molar-refractivity contribution in [1.82, 2.24) is 0 Å². The fourth-order valence-corrected chi connectivity index (χ4v) is 1.58. The summed E-state index contributed by atoms with van der Waals surface area (Å²) >= 11 is 0. The van der Waals surface area contributed by atoms with Gasteiger partial charge in [-0.3, -0.25) is 0 Å². The summed E-state index contributed by atoms with van der Waals surface area (Å²) in [5.41, 5.74) is 5.58. The molecule has 1 rings (SSSR count). The van der Waals surface area contributed by atoms with Crippen LogP contribution in [0.5, 0.6) is 17.2 Å². The Bertz CT molecular complexity index is 410. The quantitative estimate of drug-likeness (QED) is 0.867. The molecule has 1 aromatic rings. The summed E-state index contributed by atoms with van der Waals surface area (Å²) in [6.45, 7) is 0. The third kappa shape index (κ3) is 3.92. The van der Waals surface area contributed by atoms with Crippen LogP contribution in [0, 0.1) is 0 Å². The van der Waals surface area contributed by atoms with Crippen LogP contribution in [0.25, 0.3) is 0 Å². The van der Waals surface area contributed by atoms with Crippen molar-refractivity contribution in [1.29, 1.82) is 0 Å². The Hall–Kier alpha value is -1.63. The molecule has 0 heterocycles. The molecular formula is C12H16F3NO3. The topological polar surface area (TPSA) is 64.7 Å². The fraction of sp³-hybridized carbons (Fsp3) is 0.500. The summed E-state index contributed by atoms with van der Waals surface area (Å²) in [5, 5.41) is 9.67. The Morgan fingerprint density at radius 3 is 2.05 bits per heavy atom. The van der Waals surface area contributed by atoms with Crippen LogP contribution < -0.4 is 15.2 Å². The van der Waals surface area contributed by atoms with Crippen molar-refractivity contribution in [2.45, 2.75) is 25.1 Å². The molecule has 108 valence electrons. The summed E-state index contributed by atoms with van der Waals surface area (Å²) in [4.78, 5) is 0. The molecule has 0 saturated heterocycles. The number of alkyl halides is 3. The monoisotopic (exact) mass is 279 g/mol. The maximum absolute atomic E-state index is 12.3. The first-order valence-electron chi connectivity index (χ1n) is 5.55. The van der Waals surface area contributed by atoms with Gasteiger partial charge in [0.1, 0.15) is 6.04 Å². The number of halogens is 3. The Labute approximate surface area is 108 Å². The van der Waals surface area contributed by atoms with Gasteiger partial charge in [-0.25, -0.2) is 0 Å². The zero-order valence-electron chi connectivity index (χ0n) is 10.6. The highest BCUT2D eigenvalue weighted by Crippen LogP contribution is 2.37. The van der Waals surface area contributed by atoms with Gasteiger partial charge in [0.15, 0.2) is 11.5 Å². The van der Waals surface area contributed by atoms with E-state index in [-0.39, 0.29) is 30.1 Å². The second-order valence-corrected chi connectivity index (χ2v) is 4.04. The van der Waals surface area contributed by atoms with E-state index in [4.69, 9.17) is 15.2 Å². The molecule has 0 amide bonds. The number of aromatic hydroxyl groups is 1. The molecule has 1 atom stereocenters. The zero-order valence-corrected chi connectivity index (χ0v) is 10.6. The van der Waals surface area contributed by atoms with Crippen molar-refractivity contribution in [2.75, 3.05) is 14.2 Å². The van der Waals surface area contributed by atoms with E-state index in [1.165, 1.54) is 26.4 Å². The minimum Gasteiger partial charge on any atom is -0.502 e. The number of ether oxygens (including phenoxy) is 2. The molecule has 0 bridgehead atoms. The van der Waals surface area contributed by atoms with E-state index in [1.807, 2.05) is 0 Å². The Balaban J connectivity index is 2.85. The van der Waals surface area contributed by atoms with Crippen molar-refractivity contribution in [3.63, 3.8) is 0 Å². The van der Waals surface area contributed by atoms with Gasteiger partial charge in [-0.1, -0.05) is 0 Å². The van der Waals surface area contributed by atoms with Crippen LogP contribution in [0.1, 0.15) is 12.0 Å². The second-order valence-electron chi connectivity index (χ2n) is 4.04. The number of phenolic OH excluding ortho intramolecular Hbond substituents is 1. The smallest absolute Gasteiger partial charge is 0.403 e. The number of rotatable bonds is 5. The summed E-state index contributed by atoms with van der Waals surface area (Å²) in [7, 11) is 2.69. The van der Waals surface area contributed by atoms with Gasteiger partial charge in [0, 0.05) is 0 Å². The minimum atomic E-state index is -4.41. The van der Waals surface area contributed by atoms with Crippen LogP contribution in [-0.2, 0) is 6.42 Å². The molecule has 0 spiro atoms. The zero-order chi connectivity index (χ0) is 14.6. The molecule has 0 aliphatic carbocycles. The number of methoxy groups -OCH3 is 2. The SMILES string of the molecule is COc1cc(CCC(N)C(F)(F)F)cc(OC)c1O. The lowest BCUT2D eigenvalue weighted by atomic mass is 10.0. The molecule has 0 fully saturated rings. The van der Waals surface area contributed by atoms with Gasteiger partial charge in [0.25, 0.3) is 0 Å². The highest BCUT2D eigenvalue weighted by atomic mass is 19.4. The summed E-state index contributed by atoms with van der Waals surface area (Å²) in [6, 6.07) is 1.04. The van der Waals surface area contributed by atoms with Crippen molar-refractivity contribution < 1.29 is 27.8 Å². The standard InChI is InChI=1S/C12H16F3NO3/c1-18-8-5-7(6-9(19-2)11(8)17)3-4-10(16)12(13,14)15/h5-6,10,17H,3-4,16H2,1-2H3. The Morgan fingerprint density at radius 2 is 1.68 bits per heavy atom. The van der Waals surface area contributed by atoms with Gasteiger partial charge < -0.3 is 20.3 Å². The van der Waals surface area contributed by atoms with Crippen LogP contribution in [0.2, 0.25) is 0 Å². The summed E-state index contributed by atoms with van der Waals surface area (Å²) in [6.07, 6.45) is -4.56. The maximum Gasteiger partial charge on any atom is 0.403 e. The molecule has 0 aliphatic rings. The van der Waals surface area contributed by atoms with Gasteiger partial charge in [0.05, 0.1) is 14.2 Å². The maximum atomic E-state index is 12.3. The Morgan fingerprint density at radius 1 is 1.21 bits per heavy atom. The predicted molar refractivity (Wildman–Crippen MR) is 63.6 cm³/mol. The van der Waals surface area contributed by atoms with Crippen LogP contribution in [0.3, 0.4) is 0 Å². The molecule has 0 radical (unpaired) electrons. The molecule has 19 heavy (non-hydrogen) atoms. The largest absolute Gasteiger partial charge is 0.502 e. The van der Waals surface area contributed by atoms with E-state index in [9.17, 15) is 18.3 Å². The average molecular weight is 279 g/mol. The van der Waals surface area contributed by atoms with E-state index >= 15 is 0 Å². The van der Waals surface area contributed by atoms with E-state index < -0.39 is 12.2 Å². The molecule has 4 nitrogen and oxygen atoms in total. The van der Waals surface area contributed by atoms with Crippen molar-refractivity contribution in [3.05, 3.63) is 17.7 Å². The van der Waals surface area contributed by atoms with Gasteiger partial charge in [0.2, 0.25) is 5.75 Å². The number of phenols is 1. The summed E-state index contributed by atoms with van der Waals surface area (Å²) < 4.78 is 46.7. The molecule has 3 N–H and O–H groups in total. The lowest BCUT2D eigenvalue weighted by molar-refractivity contribution is -0.148. The average Bonchev–Trinajstić information content (AvgIpc) is 2.35. The molecule has 0 saturated carbocycles. The first-order chi connectivity index (χ1) is 8.79. The van der Waals surface area contributed by atoms with E-state index in [0.29, 0.717) is 5.56 Å². The number of benzene rings is 1. The van der Waals surface area contributed by atoms with Crippen molar-refractivity contribution in [2.24, 2.45) is 5.73 Å². The predicted octanol–water partition coefficient (Wildman–Crippen LogP) is 2.23. The first kappa shape index (κ1) is 15.4. The highest BCUT2D eigenvalue weighted by Gasteiger charge is 2.36. The summed E-state index contributed by atoms with van der Waals surface area (Å²) in [5.74, 6) is 0.110. The molecule has 7 heteroatoms. The van der Waals surface area contributed by atoms with Crippen LogP contribution in [0.4, 0.5) is 13.2 Å². The third-order valence-electron chi connectivity index (χ3n) is 2.70. The Kier molecular flexibility index (Phi) is 4.88.